The Labute approximate surface area is 334 Å². The molecule has 5 nitrogen and oxygen atoms in total. The lowest BCUT2D eigenvalue weighted by Gasteiger charge is -2.72. The average Bonchev–Trinajstić information content (AvgIpc) is 3.59. The van der Waals surface area contributed by atoms with Crippen LogP contribution in [0.25, 0.3) is 0 Å². The molecule has 3 N–H and O–H groups in total. The van der Waals surface area contributed by atoms with Crippen LogP contribution in [0.4, 0.5) is 4.39 Å². The van der Waals surface area contributed by atoms with Gasteiger partial charge in [-0.05, 0) is 153 Å². The van der Waals surface area contributed by atoms with Crippen molar-refractivity contribution in [1.82, 2.24) is 10.2 Å². The van der Waals surface area contributed by atoms with Gasteiger partial charge in [0.1, 0.15) is 0 Å². The van der Waals surface area contributed by atoms with Crippen molar-refractivity contribution < 1.29 is 19.4 Å². The number of carboxylic acid groups (broad SMARTS) is 1. The summed E-state index contributed by atoms with van der Waals surface area (Å²) in [4.78, 5) is 10.6. The molecule has 6 aliphatic rings. The van der Waals surface area contributed by atoms with Crippen LogP contribution in [0.1, 0.15) is 173 Å². The van der Waals surface area contributed by atoms with Crippen LogP contribution in [-0.2, 0) is 4.79 Å². The summed E-state index contributed by atoms with van der Waals surface area (Å²) in [6.07, 6.45) is 22.0. The van der Waals surface area contributed by atoms with Crippen LogP contribution in [0.3, 0.4) is 0 Å². The molecule has 0 bridgehead atoms. The highest BCUT2D eigenvalue weighted by Crippen LogP contribution is 2.77. The second-order valence-corrected chi connectivity index (χ2v) is 19.7. The summed E-state index contributed by atoms with van der Waals surface area (Å²) in [5.74, 6) is 2.89. The van der Waals surface area contributed by atoms with E-state index in [0.29, 0.717) is 28.1 Å². The maximum atomic E-state index is 13.8. The summed E-state index contributed by atoms with van der Waals surface area (Å²) in [6.45, 7) is 29.9. The number of nitrogens with zero attached hydrogens (tertiary/aromatic N) is 1. The fourth-order valence-electron chi connectivity index (χ4n) is 13.5. The zero-order valence-electron chi connectivity index (χ0n) is 38.0. The number of carbonyl (C=O) groups is 1. The molecule has 0 spiro atoms. The van der Waals surface area contributed by atoms with Gasteiger partial charge in [0.2, 0.25) is 0 Å². The van der Waals surface area contributed by atoms with Crippen molar-refractivity contribution in [2.45, 2.75) is 179 Å². The van der Waals surface area contributed by atoms with E-state index in [1.165, 1.54) is 76.2 Å². The third kappa shape index (κ3) is 9.22. The third-order valence-electron chi connectivity index (χ3n) is 16.3. The Morgan fingerprint density at radius 2 is 1.48 bits per heavy atom. The first-order valence-corrected chi connectivity index (χ1v) is 22.6. The lowest BCUT2D eigenvalue weighted by Crippen LogP contribution is -2.66. The molecule has 6 rings (SSSR count). The smallest absolute Gasteiger partial charge is 0.290 e. The molecular weight excluding hydrogens is 672 g/mol. The normalized spacial score (nSPS) is 39.2. The second kappa shape index (κ2) is 20.4. The van der Waals surface area contributed by atoms with Crippen LogP contribution in [0.2, 0.25) is 0 Å². The maximum absolute atomic E-state index is 13.8. The largest absolute Gasteiger partial charge is 0.483 e. The van der Waals surface area contributed by atoms with Crippen molar-refractivity contribution in [1.29, 1.82) is 0 Å². The predicted molar refractivity (Wildman–Crippen MR) is 230 cm³/mol. The van der Waals surface area contributed by atoms with Crippen molar-refractivity contribution in [2.75, 3.05) is 40.4 Å². The van der Waals surface area contributed by atoms with Crippen molar-refractivity contribution in [3.05, 3.63) is 23.3 Å². The van der Waals surface area contributed by atoms with Crippen molar-refractivity contribution in [3.8, 4) is 0 Å². The first kappa shape index (κ1) is 48.9. The summed E-state index contributed by atoms with van der Waals surface area (Å²) in [7, 11) is 4.25. The minimum atomic E-state index is -0.250. The highest BCUT2D eigenvalue weighted by atomic mass is 19.1. The van der Waals surface area contributed by atoms with Crippen molar-refractivity contribution in [3.63, 3.8) is 0 Å². The fourth-order valence-corrected chi connectivity index (χ4v) is 13.5. The van der Waals surface area contributed by atoms with E-state index >= 15 is 0 Å². The van der Waals surface area contributed by atoms with E-state index in [9.17, 15) is 9.50 Å². The molecule has 6 aliphatic carbocycles. The molecule has 0 aliphatic heterocycles. The summed E-state index contributed by atoms with van der Waals surface area (Å²) >= 11 is 0. The number of hydrogen-bond acceptors (Lipinski definition) is 4. The molecule has 6 heteroatoms. The summed E-state index contributed by atoms with van der Waals surface area (Å²) in [5.41, 5.74) is 4.31. The SMILES string of the molecule is CC.CC.CCC.CN(C)CCNCC(O)C12CCC[C@@H]1C1CCC3C4(C)CC=C(C5=CC[C@@](C)(CF)CC5)C(C)(C)C4CCC3(C)[C@]1(C)CC2.O=CO. The second-order valence-electron chi connectivity index (χ2n) is 19.7. The van der Waals surface area contributed by atoms with Crippen LogP contribution in [0, 0.1) is 56.2 Å². The van der Waals surface area contributed by atoms with Gasteiger partial charge in [-0.2, -0.15) is 0 Å². The molecule has 0 aromatic heterocycles. The number of rotatable bonds is 8. The van der Waals surface area contributed by atoms with E-state index in [1.807, 2.05) is 27.7 Å². The van der Waals surface area contributed by atoms with Crippen LogP contribution in [-0.4, -0.2) is 68.1 Å². The standard InChI is InChI=1S/C40H67FN2O.C3H8.2C2H6.CH2O2/c1-35(2)29(28-13-18-36(3,27-41)19-14-28)15-20-37(4)32(35)16-21-39(6)33(37)12-11-30-31-10-9-17-40(31,23-22-38(30,39)5)34(44)26-42-24-25-43(7)8;1-3-2;2*1-2;2-1-3/h13,15,30-34,42,44H,9-12,14,16-27H2,1-8H3;3H2,1-2H3;2*1-2H3;1H,(H,2,3)/t30?,31-,32?,33?,34?,36-,37?,38-,39?,40?;;;;/m1..../s1. The van der Waals surface area contributed by atoms with Gasteiger partial charge in [-0.15, -0.1) is 0 Å². The molecule has 4 saturated carbocycles. The molecule has 0 amide bonds. The van der Waals surface area contributed by atoms with Crippen molar-refractivity contribution >= 4 is 6.47 Å². The quantitative estimate of drug-likeness (QED) is 0.170. The van der Waals surface area contributed by atoms with E-state index < -0.39 is 0 Å². The summed E-state index contributed by atoms with van der Waals surface area (Å²) in [5, 5.41) is 22.3. The molecule has 316 valence electrons. The van der Waals surface area contributed by atoms with E-state index in [4.69, 9.17) is 9.90 Å². The predicted octanol–water partition coefficient (Wildman–Crippen LogP) is 12.1. The van der Waals surface area contributed by atoms with Gasteiger partial charge in [0.25, 0.3) is 6.47 Å². The van der Waals surface area contributed by atoms with Gasteiger partial charge >= 0.3 is 0 Å². The lowest BCUT2D eigenvalue weighted by atomic mass is 9.32. The average molecular weight is 761 g/mol. The number of allylic oxidation sites excluding steroid dienone is 4. The minimum Gasteiger partial charge on any atom is -0.483 e. The van der Waals surface area contributed by atoms with Crippen molar-refractivity contribution in [2.24, 2.45) is 56.2 Å². The highest BCUT2D eigenvalue weighted by Gasteiger charge is 2.70. The summed E-state index contributed by atoms with van der Waals surface area (Å²) in [6, 6.07) is 0. The van der Waals surface area contributed by atoms with E-state index in [2.05, 4.69) is 91.9 Å². The van der Waals surface area contributed by atoms with Gasteiger partial charge in [-0.25, -0.2) is 0 Å². The molecular formula is C48H89FN2O3. The van der Waals surface area contributed by atoms with E-state index in [1.54, 1.807) is 5.57 Å². The molecule has 7 unspecified atom stereocenters. The van der Waals surface area contributed by atoms with Gasteiger partial charge in [0, 0.05) is 25.0 Å². The molecule has 0 radical (unpaired) electrons. The number of halogens is 1. The van der Waals surface area contributed by atoms with Crippen LogP contribution in [0.5, 0.6) is 0 Å². The molecule has 0 aromatic carbocycles. The Balaban J connectivity index is 0.000000920. The van der Waals surface area contributed by atoms with Crippen LogP contribution >= 0.6 is 0 Å². The number of fused-ring (bicyclic) bond motifs is 7. The first-order chi connectivity index (χ1) is 25.5. The Morgan fingerprint density at radius 1 is 0.852 bits per heavy atom. The number of hydrogen-bond donors (Lipinski definition) is 3. The van der Waals surface area contributed by atoms with Crippen LogP contribution in [0.15, 0.2) is 23.3 Å². The topological polar surface area (TPSA) is 72.8 Å². The van der Waals surface area contributed by atoms with Gasteiger partial charge in [0.15, 0.2) is 0 Å². The Bertz CT molecular complexity index is 1220. The molecule has 4 fully saturated rings. The zero-order valence-corrected chi connectivity index (χ0v) is 38.0. The molecule has 0 aromatic rings. The number of nitrogens with one attached hydrogen (secondary N) is 1. The molecule has 10 atom stereocenters. The number of aliphatic hydroxyl groups is 1. The minimum absolute atomic E-state index is 0.121. The Kier molecular flexibility index (Phi) is 18.5. The number of likely N-dealkylation sites (N-methyl/N-ethyl adjacent to an activating group) is 1. The highest BCUT2D eigenvalue weighted by molar-refractivity contribution is 5.41. The van der Waals surface area contributed by atoms with Gasteiger partial charge in [0.05, 0.1) is 12.8 Å². The van der Waals surface area contributed by atoms with Crippen LogP contribution < -0.4 is 5.32 Å². The zero-order chi connectivity index (χ0) is 41.2. The molecule has 54 heavy (non-hydrogen) atoms. The van der Waals surface area contributed by atoms with Gasteiger partial charge < -0.3 is 20.4 Å². The lowest BCUT2D eigenvalue weighted by molar-refractivity contribution is -0.232. The van der Waals surface area contributed by atoms with E-state index in [0.717, 1.165) is 50.7 Å². The van der Waals surface area contributed by atoms with Gasteiger partial charge in [-0.1, -0.05) is 108 Å². The maximum Gasteiger partial charge on any atom is 0.290 e. The Morgan fingerprint density at radius 3 is 2.04 bits per heavy atom. The summed E-state index contributed by atoms with van der Waals surface area (Å²) < 4.78 is 13.8. The first-order valence-electron chi connectivity index (χ1n) is 22.6. The third-order valence-corrected chi connectivity index (χ3v) is 16.3. The molecule has 0 heterocycles. The fraction of sp³-hybridized carbons (Fsp3) is 0.896. The number of aliphatic hydroxyl groups excluding tert-OH is 1. The Hall–Kier alpha value is -1.24. The molecule has 0 saturated heterocycles. The number of alkyl halides is 1. The monoisotopic (exact) mass is 761 g/mol. The van der Waals surface area contributed by atoms with E-state index in [-0.39, 0.29) is 35.5 Å². The van der Waals surface area contributed by atoms with Gasteiger partial charge in [-0.3, -0.25) is 9.18 Å².